The minimum Gasteiger partial charge on any atom is -0.456 e. The molecule has 7 heteroatoms. The van der Waals surface area contributed by atoms with Crippen LogP contribution in [0.2, 0.25) is 0 Å². The third-order valence-electron chi connectivity index (χ3n) is 5.36. The van der Waals surface area contributed by atoms with Crippen LogP contribution in [0, 0.1) is 0 Å². The van der Waals surface area contributed by atoms with E-state index in [0.29, 0.717) is 22.5 Å². The Morgan fingerprint density at radius 3 is 2.28 bits per heavy atom. The first kappa shape index (κ1) is 19.2. The molecule has 1 unspecified atom stereocenters. The van der Waals surface area contributed by atoms with Crippen LogP contribution < -0.4 is 4.90 Å². The van der Waals surface area contributed by atoms with Gasteiger partial charge in [-0.25, -0.2) is 4.79 Å². The molecule has 150 valence electrons. The molecule has 2 aliphatic heterocycles. The number of nitrogens with zero attached hydrogens (tertiary/aromatic N) is 1. The maximum Gasteiger partial charge on any atom is 0.416 e. The first-order valence-electron chi connectivity index (χ1n) is 9.28. The summed E-state index contributed by atoms with van der Waals surface area (Å²) in [5.74, 6) is -1.38. The Morgan fingerprint density at radius 1 is 1.03 bits per heavy atom. The van der Waals surface area contributed by atoms with Crippen molar-refractivity contribution in [1.82, 2.24) is 0 Å². The molecular formula is C22H18F3NO3. The maximum absolute atomic E-state index is 13.0. The van der Waals surface area contributed by atoms with Crippen molar-refractivity contribution in [3.05, 3.63) is 76.5 Å². The summed E-state index contributed by atoms with van der Waals surface area (Å²) in [5.41, 5.74) is 2.27. The first-order valence-corrected chi connectivity index (χ1v) is 9.28. The van der Waals surface area contributed by atoms with E-state index in [-0.39, 0.29) is 18.9 Å². The summed E-state index contributed by atoms with van der Waals surface area (Å²) < 4.78 is 43.7. The van der Waals surface area contributed by atoms with E-state index in [9.17, 15) is 22.8 Å². The van der Waals surface area contributed by atoms with E-state index >= 15 is 0 Å². The van der Waals surface area contributed by atoms with Gasteiger partial charge in [-0.05, 0) is 41.8 Å². The number of alkyl halides is 3. The number of carbonyl (C=O) groups excluding carboxylic acids is 2. The maximum atomic E-state index is 13.0. The number of ether oxygens (including phenoxy) is 1. The molecule has 4 nitrogen and oxygen atoms in total. The zero-order valence-electron chi connectivity index (χ0n) is 15.6. The van der Waals surface area contributed by atoms with Crippen LogP contribution in [0.15, 0.2) is 59.8 Å². The Labute approximate surface area is 165 Å². The number of anilines is 1. The third-order valence-corrected chi connectivity index (χ3v) is 5.36. The molecule has 0 saturated carbocycles. The lowest BCUT2D eigenvalue weighted by Crippen LogP contribution is -2.37. The zero-order valence-corrected chi connectivity index (χ0v) is 15.6. The number of halogens is 3. The lowest BCUT2D eigenvalue weighted by molar-refractivity contribution is -0.138. The van der Waals surface area contributed by atoms with E-state index in [0.717, 1.165) is 24.1 Å². The summed E-state index contributed by atoms with van der Waals surface area (Å²) in [6.07, 6.45) is -3.60. The van der Waals surface area contributed by atoms with Crippen molar-refractivity contribution in [3.8, 4) is 0 Å². The second-order valence-electron chi connectivity index (χ2n) is 7.06. The molecule has 0 bridgehead atoms. The summed E-state index contributed by atoms with van der Waals surface area (Å²) in [7, 11) is 0. The van der Waals surface area contributed by atoms with Crippen LogP contribution in [0.1, 0.15) is 36.0 Å². The average Bonchev–Trinajstić information content (AvgIpc) is 3.08. The smallest absolute Gasteiger partial charge is 0.416 e. The number of rotatable bonds is 3. The number of hydrogen-bond donors (Lipinski definition) is 0. The number of benzene rings is 2. The van der Waals surface area contributed by atoms with Crippen LogP contribution in [0.25, 0.3) is 0 Å². The fraction of sp³-hybridized carbons (Fsp3) is 0.273. The van der Waals surface area contributed by atoms with Crippen molar-refractivity contribution in [2.45, 2.75) is 31.9 Å². The van der Waals surface area contributed by atoms with Crippen LogP contribution in [0.4, 0.5) is 18.9 Å². The summed E-state index contributed by atoms with van der Waals surface area (Å²) in [5, 5.41) is 0. The predicted octanol–water partition coefficient (Wildman–Crippen LogP) is 4.60. The molecule has 0 radical (unpaired) electrons. The summed E-state index contributed by atoms with van der Waals surface area (Å²) in [4.78, 5) is 26.8. The molecule has 2 heterocycles. The van der Waals surface area contributed by atoms with Gasteiger partial charge in [-0.15, -0.1) is 0 Å². The second kappa shape index (κ2) is 7.06. The highest BCUT2D eigenvalue weighted by Crippen LogP contribution is 2.42. The van der Waals surface area contributed by atoms with Gasteiger partial charge in [0.05, 0.1) is 16.8 Å². The van der Waals surface area contributed by atoms with Gasteiger partial charge in [0.15, 0.2) is 0 Å². The fourth-order valence-corrected chi connectivity index (χ4v) is 3.82. The van der Waals surface area contributed by atoms with Crippen LogP contribution in [0.3, 0.4) is 0 Å². The molecule has 0 spiro atoms. The molecule has 0 aliphatic carbocycles. The SMILES string of the molecule is CCc1ccc(N2C(=O)CC(c3ccc(C(F)(F)F)cc3)C3=C2COC3=O)cc1. The Kier molecular flexibility index (Phi) is 4.68. The fourth-order valence-electron chi connectivity index (χ4n) is 3.82. The minimum atomic E-state index is -4.45. The van der Waals surface area contributed by atoms with Crippen molar-refractivity contribution in [1.29, 1.82) is 0 Å². The summed E-state index contributed by atoms with van der Waals surface area (Å²) >= 11 is 0. The molecule has 2 aliphatic rings. The zero-order chi connectivity index (χ0) is 20.8. The Balaban J connectivity index is 1.74. The van der Waals surface area contributed by atoms with Crippen LogP contribution in [-0.2, 0) is 26.9 Å². The van der Waals surface area contributed by atoms with E-state index in [1.807, 2.05) is 31.2 Å². The van der Waals surface area contributed by atoms with Crippen molar-refractivity contribution in [2.75, 3.05) is 11.5 Å². The molecule has 2 aromatic carbocycles. The van der Waals surface area contributed by atoms with E-state index in [1.54, 1.807) is 0 Å². The van der Waals surface area contributed by atoms with Gasteiger partial charge in [-0.1, -0.05) is 31.2 Å². The van der Waals surface area contributed by atoms with Gasteiger partial charge in [0.1, 0.15) is 6.61 Å². The van der Waals surface area contributed by atoms with Crippen LogP contribution in [-0.4, -0.2) is 18.5 Å². The number of esters is 1. The molecular weight excluding hydrogens is 383 g/mol. The molecule has 0 N–H and O–H groups in total. The van der Waals surface area contributed by atoms with Crippen molar-refractivity contribution >= 4 is 17.6 Å². The lowest BCUT2D eigenvalue weighted by atomic mass is 9.84. The van der Waals surface area contributed by atoms with E-state index in [4.69, 9.17) is 4.74 Å². The highest BCUT2D eigenvalue weighted by atomic mass is 19.4. The van der Waals surface area contributed by atoms with E-state index < -0.39 is 23.6 Å². The Bertz CT molecular complexity index is 991. The summed E-state index contributed by atoms with van der Waals surface area (Å²) in [6.45, 7) is 1.99. The topological polar surface area (TPSA) is 46.6 Å². The van der Waals surface area contributed by atoms with Crippen molar-refractivity contribution < 1.29 is 27.5 Å². The third kappa shape index (κ3) is 3.41. The van der Waals surface area contributed by atoms with Crippen LogP contribution >= 0.6 is 0 Å². The first-order chi connectivity index (χ1) is 13.8. The molecule has 2 aromatic rings. The standard InChI is InChI=1S/C22H18F3NO3/c1-2-13-3-9-16(10-4-13)26-18-12-29-21(28)20(18)17(11-19(26)27)14-5-7-15(8-6-14)22(23,24)25/h3-10,17H,2,11-12H2,1H3. The molecule has 4 rings (SSSR count). The molecule has 0 saturated heterocycles. The largest absolute Gasteiger partial charge is 0.456 e. The van der Waals surface area contributed by atoms with Gasteiger partial charge in [0.25, 0.3) is 0 Å². The van der Waals surface area contributed by atoms with Crippen LogP contribution in [0.5, 0.6) is 0 Å². The second-order valence-corrected chi connectivity index (χ2v) is 7.06. The summed E-state index contributed by atoms with van der Waals surface area (Å²) in [6, 6.07) is 12.1. The quantitative estimate of drug-likeness (QED) is 0.707. The highest BCUT2D eigenvalue weighted by Gasteiger charge is 2.43. The molecule has 0 fully saturated rings. The monoisotopic (exact) mass is 401 g/mol. The highest BCUT2D eigenvalue weighted by molar-refractivity contribution is 6.06. The lowest BCUT2D eigenvalue weighted by Gasteiger charge is -2.32. The van der Waals surface area contributed by atoms with Gasteiger partial charge in [-0.3, -0.25) is 9.69 Å². The molecule has 0 aromatic heterocycles. The van der Waals surface area contributed by atoms with Crippen molar-refractivity contribution in [3.63, 3.8) is 0 Å². The number of carbonyl (C=O) groups is 2. The van der Waals surface area contributed by atoms with E-state index in [1.165, 1.54) is 17.0 Å². The minimum absolute atomic E-state index is 0.0190. The van der Waals surface area contributed by atoms with Gasteiger partial charge in [0, 0.05) is 18.0 Å². The Hall–Kier alpha value is -3.09. The van der Waals surface area contributed by atoms with Gasteiger partial charge in [-0.2, -0.15) is 13.2 Å². The van der Waals surface area contributed by atoms with Crippen molar-refractivity contribution in [2.24, 2.45) is 0 Å². The predicted molar refractivity (Wildman–Crippen MR) is 100 cm³/mol. The Morgan fingerprint density at radius 2 is 1.69 bits per heavy atom. The molecule has 1 atom stereocenters. The van der Waals surface area contributed by atoms with E-state index in [2.05, 4.69) is 0 Å². The number of hydrogen-bond acceptors (Lipinski definition) is 3. The number of amides is 1. The van der Waals surface area contributed by atoms with Gasteiger partial charge >= 0.3 is 12.1 Å². The molecule has 29 heavy (non-hydrogen) atoms. The van der Waals surface area contributed by atoms with Gasteiger partial charge in [0.2, 0.25) is 5.91 Å². The number of aryl methyl sites for hydroxylation is 1. The van der Waals surface area contributed by atoms with Gasteiger partial charge < -0.3 is 4.74 Å². The average molecular weight is 401 g/mol. The molecule has 1 amide bonds. The number of cyclic esters (lactones) is 1. The normalized spacial score (nSPS) is 19.4.